The Morgan fingerprint density at radius 2 is 2.00 bits per heavy atom. The molecule has 0 spiro atoms. The molecule has 0 atom stereocenters. The van der Waals surface area contributed by atoms with E-state index in [0.717, 1.165) is 28.3 Å². The number of fused-ring (bicyclic) bond motifs is 1. The van der Waals surface area contributed by atoms with Gasteiger partial charge in [-0.2, -0.15) is 0 Å². The first kappa shape index (κ1) is 16.5. The van der Waals surface area contributed by atoms with E-state index in [-0.39, 0.29) is 12.7 Å². The zero-order chi connectivity index (χ0) is 16.9. The maximum atomic E-state index is 12.0. The lowest BCUT2D eigenvalue weighted by Crippen LogP contribution is -2.24. The Balaban J connectivity index is 1.43. The third kappa shape index (κ3) is 4.11. The quantitative estimate of drug-likeness (QED) is 0.840. The molecular formula is C18H19ClN2O3. The first-order chi connectivity index (χ1) is 11.6. The molecule has 24 heavy (non-hydrogen) atoms. The summed E-state index contributed by atoms with van der Waals surface area (Å²) in [6.07, 6.45) is 0.385. The Bertz CT molecular complexity index is 749. The van der Waals surface area contributed by atoms with Crippen molar-refractivity contribution in [2.24, 2.45) is 0 Å². The standard InChI is InChI=1S/C18H19ClN2O3/c1-12-2-4-14(19)9-15(12)20-7-6-18(22)21-10-13-3-5-16-17(8-13)24-11-23-16/h2-5,8-9,20H,6-7,10-11H2,1H3,(H,21,22). The van der Waals surface area contributed by atoms with Crippen LogP contribution in [0.3, 0.4) is 0 Å². The van der Waals surface area contributed by atoms with Crippen molar-refractivity contribution in [3.05, 3.63) is 52.5 Å². The number of hydrogen-bond donors (Lipinski definition) is 2. The molecule has 2 N–H and O–H groups in total. The van der Waals surface area contributed by atoms with Gasteiger partial charge in [0.15, 0.2) is 11.5 Å². The second-order valence-corrected chi connectivity index (χ2v) is 6.04. The highest BCUT2D eigenvalue weighted by atomic mass is 35.5. The van der Waals surface area contributed by atoms with Crippen molar-refractivity contribution in [1.29, 1.82) is 0 Å². The van der Waals surface area contributed by atoms with Gasteiger partial charge in [-0.15, -0.1) is 0 Å². The van der Waals surface area contributed by atoms with E-state index in [1.165, 1.54) is 0 Å². The fourth-order valence-corrected chi connectivity index (χ4v) is 2.61. The highest BCUT2D eigenvalue weighted by molar-refractivity contribution is 6.30. The summed E-state index contributed by atoms with van der Waals surface area (Å²) in [5.74, 6) is 1.45. The van der Waals surface area contributed by atoms with E-state index in [1.54, 1.807) is 0 Å². The Hall–Kier alpha value is -2.40. The maximum absolute atomic E-state index is 12.0. The third-order valence-corrected chi connectivity index (χ3v) is 4.03. The second-order valence-electron chi connectivity index (χ2n) is 5.60. The fourth-order valence-electron chi connectivity index (χ4n) is 2.44. The number of amides is 1. The molecule has 1 heterocycles. The molecule has 0 bridgehead atoms. The SMILES string of the molecule is Cc1ccc(Cl)cc1NCCC(=O)NCc1ccc2c(c1)OCO2. The normalized spacial score (nSPS) is 12.1. The molecule has 0 aliphatic carbocycles. The molecule has 0 fully saturated rings. The number of aryl methyl sites for hydroxylation is 1. The van der Waals surface area contributed by atoms with Crippen molar-refractivity contribution in [2.75, 3.05) is 18.7 Å². The van der Waals surface area contributed by atoms with Crippen LogP contribution >= 0.6 is 11.6 Å². The Morgan fingerprint density at radius 3 is 2.88 bits per heavy atom. The van der Waals surface area contributed by atoms with Crippen molar-refractivity contribution in [3.63, 3.8) is 0 Å². The van der Waals surface area contributed by atoms with E-state index >= 15 is 0 Å². The molecule has 0 saturated carbocycles. The molecule has 126 valence electrons. The Kier molecular flexibility index (Phi) is 5.11. The zero-order valence-corrected chi connectivity index (χ0v) is 14.2. The molecule has 0 aromatic heterocycles. The van der Waals surface area contributed by atoms with Gasteiger partial charge in [0, 0.05) is 30.2 Å². The highest BCUT2D eigenvalue weighted by Gasteiger charge is 2.13. The van der Waals surface area contributed by atoms with E-state index in [9.17, 15) is 4.79 Å². The lowest BCUT2D eigenvalue weighted by molar-refractivity contribution is -0.121. The monoisotopic (exact) mass is 346 g/mol. The van der Waals surface area contributed by atoms with Crippen LogP contribution in [0.5, 0.6) is 11.5 Å². The number of anilines is 1. The molecule has 0 unspecified atom stereocenters. The Labute approximate surface area is 145 Å². The van der Waals surface area contributed by atoms with E-state index < -0.39 is 0 Å². The minimum Gasteiger partial charge on any atom is -0.454 e. The average Bonchev–Trinajstić information content (AvgIpc) is 3.04. The van der Waals surface area contributed by atoms with Crippen LogP contribution in [0.15, 0.2) is 36.4 Å². The highest BCUT2D eigenvalue weighted by Crippen LogP contribution is 2.32. The maximum Gasteiger partial charge on any atom is 0.231 e. The average molecular weight is 347 g/mol. The van der Waals surface area contributed by atoms with Crippen molar-refractivity contribution in [3.8, 4) is 11.5 Å². The van der Waals surface area contributed by atoms with Gasteiger partial charge < -0.3 is 20.1 Å². The molecule has 1 amide bonds. The van der Waals surface area contributed by atoms with Gasteiger partial charge in [0.25, 0.3) is 0 Å². The predicted molar refractivity (Wildman–Crippen MR) is 93.7 cm³/mol. The number of carbonyl (C=O) groups excluding carboxylic acids is 1. The van der Waals surface area contributed by atoms with Gasteiger partial charge in [0.05, 0.1) is 0 Å². The minimum atomic E-state index is -0.0140. The number of hydrogen-bond acceptors (Lipinski definition) is 4. The lowest BCUT2D eigenvalue weighted by Gasteiger charge is -2.10. The number of ether oxygens (including phenoxy) is 2. The van der Waals surface area contributed by atoms with Crippen LogP contribution in [0.1, 0.15) is 17.5 Å². The van der Waals surface area contributed by atoms with Gasteiger partial charge in [-0.05, 0) is 42.3 Å². The van der Waals surface area contributed by atoms with Crippen molar-refractivity contribution in [1.82, 2.24) is 5.32 Å². The smallest absolute Gasteiger partial charge is 0.231 e. The molecule has 0 saturated heterocycles. The van der Waals surface area contributed by atoms with Crippen LogP contribution in [0.25, 0.3) is 0 Å². The van der Waals surface area contributed by atoms with Crippen LogP contribution in [0, 0.1) is 6.92 Å². The van der Waals surface area contributed by atoms with Crippen LogP contribution in [0.4, 0.5) is 5.69 Å². The van der Waals surface area contributed by atoms with Gasteiger partial charge >= 0.3 is 0 Å². The van der Waals surface area contributed by atoms with Crippen LogP contribution in [0.2, 0.25) is 5.02 Å². The van der Waals surface area contributed by atoms with Gasteiger partial charge in [0.2, 0.25) is 12.7 Å². The van der Waals surface area contributed by atoms with Crippen molar-refractivity contribution in [2.45, 2.75) is 19.9 Å². The molecule has 2 aromatic carbocycles. The third-order valence-electron chi connectivity index (χ3n) is 3.79. The van der Waals surface area contributed by atoms with Crippen molar-refractivity contribution >= 4 is 23.2 Å². The Morgan fingerprint density at radius 1 is 1.17 bits per heavy atom. The van der Waals surface area contributed by atoms with E-state index in [4.69, 9.17) is 21.1 Å². The van der Waals surface area contributed by atoms with Crippen LogP contribution in [-0.2, 0) is 11.3 Å². The predicted octanol–water partition coefficient (Wildman–Crippen LogP) is 3.50. The molecule has 5 nitrogen and oxygen atoms in total. The minimum absolute atomic E-state index is 0.0140. The van der Waals surface area contributed by atoms with Crippen LogP contribution < -0.4 is 20.1 Å². The summed E-state index contributed by atoms with van der Waals surface area (Å²) in [6.45, 7) is 3.26. The van der Waals surface area contributed by atoms with Gasteiger partial charge in [-0.25, -0.2) is 0 Å². The zero-order valence-electron chi connectivity index (χ0n) is 13.4. The summed E-state index contributed by atoms with van der Waals surface area (Å²) < 4.78 is 10.6. The summed E-state index contributed by atoms with van der Waals surface area (Å²) >= 11 is 5.98. The summed E-state index contributed by atoms with van der Waals surface area (Å²) in [4.78, 5) is 12.0. The number of halogens is 1. The largest absolute Gasteiger partial charge is 0.454 e. The summed E-state index contributed by atoms with van der Waals surface area (Å²) in [6, 6.07) is 11.3. The summed E-state index contributed by atoms with van der Waals surface area (Å²) in [7, 11) is 0. The first-order valence-corrected chi connectivity index (χ1v) is 8.15. The fraction of sp³-hybridized carbons (Fsp3) is 0.278. The van der Waals surface area contributed by atoms with Crippen molar-refractivity contribution < 1.29 is 14.3 Å². The van der Waals surface area contributed by atoms with E-state index in [2.05, 4.69) is 10.6 Å². The first-order valence-electron chi connectivity index (χ1n) is 7.77. The molecule has 3 rings (SSSR count). The molecule has 0 radical (unpaired) electrons. The molecule has 1 aliphatic rings. The van der Waals surface area contributed by atoms with Gasteiger partial charge in [-0.1, -0.05) is 23.7 Å². The molecular weight excluding hydrogens is 328 g/mol. The number of benzene rings is 2. The van der Waals surface area contributed by atoms with Crippen LogP contribution in [-0.4, -0.2) is 19.2 Å². The number of rotatable bonds is 6. The second kappa shape index (κ2) is 7.45. The topological polar surface area (TPSA) is 59.6 Å². The molecule has 1 aliphatic heterocycles. The van der Waals surface area contributed by atoms with Gasteiger partial charge in [-0.3, -0.25) is 4.79 Å². The number of nitrogens with one attached hydrogen (secondary N) is 2. The summed E-state index contributed by atoms with van der Waals surface area (Å²) in [5.41, 5.74) is 3.03. The molecule has 2 aromatic rings. The van der Waals surface area contributed by atoms with Gasteiger partial charge in [0.1, 0.15) is 0 Å². The van der Waals surface area contributed by atoms with E-state index in [0.29, 0.717) is 24.5 Å². The van der Waals surface area contributed by atoms with E-state index in [1.807, 2.05) is 43.3 Å². The summed E-state index contributed by atoms with van der Waals surface area (Å²) in [5, 5.41) is 6.81. The lowest BCUT2D eigenvalue weighted by atomic mass is 10.2. The number of carbonyl (C=O) groups is 1. The molecule has 6 heteroatoms.